The molecule has 1 N–H and O–H groups in total. The number of likely N-dealkylation sites (tertiary alicyclic amines) is 1. The standard InChI is InChI=1S/C20H29NO2/c1-16-6-5-7-18(14-16)20(10-3-2-4-11-20)19(23)21-12-8-17(15-22)9-13-21/h5-7,14,17,22H,2-4,8-13,15H2,1H3. The van der Waals surface area contributed by atoms with Crippen molar-refractivity contribution in [3.8, 4) is 0 Å². The summed E-state index contributed by atoms with van der Waals surface area (Å²) in [5.74, 6) is 0.708. The third-order valence-electron chi connectivity index (χ3n) is 5.85. The summed E-state index contributed by atoms with van der Waals surface area (Å²) in [6, 6.07) is 8.56. The summed E-state index contributed by atoms with van der Waals surface area (Å²) < 4.78 is 0. The number of aliphatic hydroxyl groups excluding tert-OH is 1. The zero-order valence-corrected chi connectivity index (χ0v) is 14.3. The molecule has 3 rings (SSSR count). The van der Waals surface area contributed by atoms with Crippen LogP contribution in [0.3, 0.4) is 0 Å². The van der Waals surface area contributed by atoms with Gasteiger partial charge in [-0.25, -0.2) is 0 Å². The molecule has 2 fully saturated rings. The first-order valence-electron chi connectivity index (χ1n) is 9.13. The molecule has 0 aromatic heterocycles. The van der Waals surface area contributed by atoms with Gasteiger partial charge in [-0.15, -0.1) is 0 Å². The van der Waals surface area contributed by atoms with E-state index in [-0.39, 0.29) is 12.0 Å². The summed E-state index contributed by atoms with van der Waals surface area (Å²) in [7, 11) is 0. The molecule has 126 valence electrons. The van der Waals surface area contributed by atoms with Crippen molar-refractivity contribution in [2.24, 2.45) is 5.92 Å². The summed E-state index contributed by atoms with van der Waals surface area (Å²) in [5, 5.41) is 9.32. The molecule has 3 heteroatoms. The predicted molar refractivity (Wildman–Crippen MR) is 92.3 cm³/mol. The highest BCUT2D eigenvalue weighted by molar-refractivity contribution is 5.88. The maximum atomic E-state index is 13.4. The predicted octanol–water partition coefficient (Wildman–Crippen LogP) is 3.43. The number of benzene rings is 1. The molecule has 1 aliphatic carbocycles. The van der Waals surface area contributed by atoms with E-state index in [0.717, 1.165) is 51.6 Å². The molecule has 0 unspecified atom stereocenters. The Bertz CT molecular complexity index is 540. The highest BCUT2D eigenvalue weighted by Crippen LogP contribution is 2.42. The Balaban J connectivity index is 1.85. The van der Waals surface area contributed by atoms with Crippen LogP contribution in [0.4, 0.5) is 0 Å². The van der Waals surface area contributed by atoms with E-state index in [1.807, 2.05) is 0 Å². The highest BCUT2D eigenvalue weighted by atomic mass is 16.3. The van der Waals surface area contributed by atoms with E-state index < -0.39 is 0 Å². The molecule has 0 spiro atoms. The van der Waals surface area contributed by atoms with Crippen LogP contribution in [0.1, 0.15) is 56.1 Å². The molecule has 1 saturated carbocycles. The van der Waals surface area contributed by atoms with Gasteiger partial charge < -0.3 is 10.0 Å². The lowest BCUT2D eigenvalue weighted by molar-refractivity contribution is -0.140. The van der Waals surface area contributed by atoms with E-state index in [2.05, 4.69) is 36.1 Å². The van der Waals surface area contributed by atoms with E-state index in [0.29, 0.717) is 11.8 Å². The monoisotopic (exact) mass is 315 g/mol. The summed E-state index contributed by atoms with van der Waals surface area (Å²) in [5.41, 5.74) is 2.14. The lowest BCUT2D eigenvalue weighted by Crippen LogP contribution is -2.50. The van der Waals surface area contributed by atoms with Gasteiger partial charge >= 0.3 is 0 Å². The molecule has 1 aliphatic heterocycles. The van der Waals surface area contributed by atoms with Crippen molar-refractivity contribution in [3.63, 3.8) is 0 Å². The summed E-state index contributed by atoms with van der Waals surface area (Å²) in [4.78, 5) is 15.5. The highest BCUT2D eigenvalue weighted by Gasteiger charge is 2.44. The van der Waals surface area contributed by atoms with E-state index >= 15 is 0 Å². The van der Waals surface area contributed by atoms with Gasteiger partial charge in [0.25, 0.3) is 0 Å². The van der Waals surface area contributed by atoms with Crippen molar-refractivity contribution in [1.82, 2.24) is 4.90 Å². The minimum atomic E-state index is -0.309. The van der Waals surface area contributed by atoms with Crippen LogP contribution in [-0.2, 0) is 10.2 Å². The van der Waals surface area contributed by atoms with Gasteiger partial charge in [0.15, 0.2) is 0 Å². The molecule has 0 radical (unpaired) electrons. The topological polar surface area (TPSA) is 40.5 Å². The molecule has 1 amide bonds. The third kappa shape index (κ3) is 3.30. The number of carbonyl (C=O) groups excluding carboxylic acids is 1. The van der Waals surface area contributed by atoms with Gasteiger partial charge in [0.2, 0.25) is 5.91 Å². The molecular weight excluding hydrogens is 286 g/mol. The summed E-state index contributed by atoms with van der Waals surface area (Å²) in [6.07, 6.45) is 7.37. The Morgan fingerprint density at radius 3 is 2.52 bits per heavy atom. The molecule has 2 aliphatic rings. The van der Waals surface area contributed by atoms with Crippen molar-refractivity contribution in [2.45, 2.75) is 57.3 Å². The first-order chi connectivity index (χ1) is 11.2. The van der Waals surface area contributed by atoms with Gasteiger partial charge in [-0.2, -0.15) is 0 Å². The minimum Gasteiger partial charge on any atom is -0.396 e. The van der Waals surface area contributed by atoms with Crippen molar-refractivity contribution >= 4 is 5.91 Å². The van der Waals surface area contributed by atoms with Gasteiger partial charge in [0.05, 0.1) is 5.41 Å². The van der Waals surface area contributed by atoms with Crippen LogP contribution in [0.25, 0.3) is 0 Å². The van der Waals surface area contributed by atoms with Gasteiger partial charge in [0, 0.05) is 19.7 Å². The fraction of sp³-hybridized carbons (Fsp3) is 0.650. The molecule has 1 heterocycles. The number of amides is 1. The molecular formula is C20H29NO2. The zero-order chi connectivity index (χ0) is 16.3. The average molecular weight is 315 g/mol. The Labute approximate surface area is 139 Å². The fourth-order valence-electron chi connectivity index (χ4n) is 4.35. The van der Waals surface area contributed by atoms with E-state index in [4.69, 9.17) is 0 Å². The van der Waals surface area contributed by atoms with Gasteiger partial charge in [0.1, 0.15) is 0 Å². The number of aryl methyl sites for hydroxylation is 1. The van der Waals surface area contributed by atoms with E-state index in [1.165, 1.54) is 17.5 Å². The van der Waals surface area contributed by atoms with Crippen LogP contribution in [-0.4, -0.2) is 35.6 Å². The largest absolute Gasteiger partial charge is 0.396 e. The number of piperidine rings is 1. The second-order valence-corrected chi connectivity index (χ2v) is 7.43. The lowest BCUT2D eigenvalue weighted by atomic mass is 9.68. The molecule has 1 aromatic rings. The first-order valence-corrected chi connectivity index (χ1v) is 9.13. The number of hydrogen-bond acceptors (Lipinski definition) is 2. The van der Waals surface area contributed by atoms with Gasteiger partial charge in [-0.3, -0.25) is 4.79 Å². The normalized spacial score (nSPS) is 22.1. The maximum absolute atomic E-state index is 13.4. The SMILES string of the molecule is Cc1cccc(C2(C(=O)N3CCC(CO)CC3)CCCCC2)c1. The lowest BCUT2D eigenvalue weighted by Gasteiger charge is -2.42. The van der Waals surface area contributed by atoms with Crippen molar-refractivity contribution in [1.29, 1.82) is 0 Å². The van der Waals surface area contributed by atoms with Crippen LogP contribution in [0.2, 0.25) is 0 Å². The Morgan fingerprint density at radius 2 is 1.91 bits per heavy atom. The quantitative estimate of drug-likeness (QED) is 0.928. The summed E-state index contributed by atoms with van der Waals surface area (Å²) in [6.45, 7) is 3.97. The van der Waals surface area contributed by atoms with Crippen LogP contribution >= 0.6 is 0 Å². The molecule has 3 nitrogen and oxygen atoms in total. The van der Waals surface area contributed by atoms with Crippen LogP contribution in [0.5, 0.6) is 0 Å². The average Bonchev–Trinajstić information content (AvgIpc) is 2.62. The number of nitrogens with zero attached hydrogens (tertiary/aromatic N) is 1. The number of aliphatic hydroxyl groups is 1. The third-order valence-corrected chi connectivity index (χ3v) is 5.85. The maximum Gasteiger partial charge on any atom is 0.233 e. The molecule has 1 aromatic carbocycles. The fourth-order valence-corrected chi connectivity index (χ4v) is 4.35. The second-order valence-electron chi connectivity index (χ2n) is 7.43. The molecule has 0 atom stereocenters. The van der Waals surface area contributed by atoms with Crippen LogP contribution < -0.4 is 0 Å². The van der Waals surface area contributed by atoms with Crippen molar-refractivity contribution < 1.29 is 9.90 Å². The number of carbonyl (C=O) groups is 1. The summed E-state index contributed by atoms with van der Waals surface area (Å²) >= 11 is 0. The molecule has 1 saturated heterocycles. The van der Waals surface area contributed by atoms with Crippen molar-refractivity contribution in [3.05, 3.63) is 35.4 Å². The number of rotatable bonds is 3. The Morgan fingerprint density at radius 1 is 1.22 bits per heavy atom. The first kappa shape index (κ1) is 16.5. The smallest absolute Gasteiger partial charge is 0.233 e. The minimum absolute atomic E-state index is 0.255. The molecule has 0 bridgehead atoms. The zero-order valence-electron chi connectivity index (χ0n) is 14.3. The van der Waals surface area contributed by atoms with E-state index in [1.54, 1.807) is 0 Å². The van der Waals surface area contributed by atoms with E-state index in [9.17, 15) is 9.90 Å². The van der Waals surface area contributed by atoms with Crippen molar-refractivity contribution in [2.75, 3.05) is 19.7 Å². The second kappa shape index (κ2) is 7.04. The van der Waals surface area contributed by atoms with Gasteiger partial charge in [-0.1, -0.05) is 49.1 Å². The Hall–Kier alpha value is -1.35. The number of hydrogen-bond donors (Lipinski definition) is 1. The van der Waals surface area contributed by atoms with Gasteiger partial charge in [-0.05, 0) is 44.1 Å². The molecule has 23 heavy (non-hydrogen) atoms. The van der Waals surface area contributed by atoms with Crippen LogP contribution in [0, 0.1) is 12.8 Å². The van der Waals surface area contributed by atoms with Crippen LogP contribution in [0.15, 0.2) is 24.3 Å². The Kier molecular flexibility index (Phi) is 5.05.